The molecule has 1 atom stereocenters. The molecular weight excluding hydrogens is 309 g/mol. The van der Waals surface area contributed by atoms with Crippen LogP contribution in [0.4, 0.5) is 0 Å². The van der Waals surface area contributed by atoms with Gasteiger partial charge in [-0.25, -0.2) is 9.67 Å². The van der Waals surface area contributed by atoms with E-state index in [4.69, 9.17) is 23.2 Å². The normalized spacial score (nSPS) is 14.1. The number of benzene rings is 1. The van der Waals surface area contributed by atoms with E-state index >= 15 is 0 Å². The largest absolute Gasteiger partial charge is 0.383 e. The molecule has 2 aromatic rings. The summed E-state index contributed by atoms with van der Waals surface area (Å²) in [7, 11) is 0. The highest BCUT2D eigenvalue weighted by molar-refractivity contribution is 6.35. The Bertz CT molecular complexity index is 574. The zero-order chi connectivity index (χ0) is 15.3. The molecule has 4 nitrogen and oxygen atoms in total. The minimum atomic E-state index is -1.08. The Kier molecular flexibility index (Phi) is 5.62. The van der Waals surface area contributed by atoms with Gasteiger partial charge in [-0.05, 0) is 18.6 Å². The Labute approximate surface area is 134 Å². The van der Waals surface area contributed by atoms with Crippen LogP contribution in [0.15, 0.2) is 30.9 Å². The van der Waals surface area contributed by atoms with Gasteiger partial charge < -0.3 is 5.11 Å². The number of aromatic nitrogens is 3. The highest BCUT2D eigenvalue weighted by atomic mass is 35.5. The highest BCUT2D eigenvalue weighted by Crippen LogP contribution is 2.35. The zero-order valence-electron chi connectivity index (χ0n) is 12.0. The number of hydrogen-bond donors (Lipinski definition) is 1. The summed E-state index contributed by atoms with van der Waals surface area (Å²) in [5.74, 6) is 0. The van der Waals surface area contributed by atoms with Crippen LogP contribution >= 0.6 is 23.2 Å². The van der Waals surface area contributed by atoms with Gasteiger partial charge in [-0.3, -0.25) is 0 Å². The average Bonchev–Trinajstić information content (AvgIpc) is 2.91. The fourth-order valence-electron chi connectivity index (χ4n) is 2.42. The van der Waals surface area contributed by atoms with Crippen molar-refractivity contribution >= 4 is 23.2 Å². The van der Waals surface area contributed by atoms with Gasteiger partial charge in [0.1, 0.15) is 18.3 Å². The predicted octanol–water partition coefficient (Wildman–Crippen LogP) is 4.05. The lowest BCUT2D eigenvalue weighted by Crippen LogP contribution is -2.32. The van der Waals surface area contributed by atoms with Crippen LogP contribution < -0.4 is 0 Å². The third kappa shape index (κ3) is 4.19. The van der Waals surface area contributed by atoms with E-state index in [9.17, 15) is 5.11 Å². The summed E-state index contributed by atoms with van der Waals surface area (Å²) >= 11 is 12.2. The van der Waals surface area contributed by atoms with Gasteiger partial charge in [-0.1, -0.05) is 55.5 Å². The first-order valence-corrected chi connectivity index (χ1v) is 7.81. The van der Waals surface area contributed by atoms with Gasteiger partial charge in [0.15, 0.2) is 0 Å². The zero-order valence-corrected chi connectivity index (χ0v) is 13.5. The van der Waals surface area contributed by atoms with Gasteiger partial charge in [-0.2, -0.15) is 5.10 Å². The van der Waals surface area contributed by atoms with E-state index in [1.165, 1.54) is 6.33 Å². The van der Waals surface area contributed by atoms with Crippen molar-refractivity contribution in [3.05, 3.63) is 46.5 Å². The van der Waals surface area contributed by atoms with E-state index in [0.717, 1.165) is 19.3 Å². The fraction of sp³-hybridized carbons (Fsp3) is 0.467. The molecule has 114 valence electrons. The van der Waals surface area contributed by atoms with Crippen molar-refractivity contribution in [3.8, 4) is 0 Å². The molecule has 0 spiro atoms. The monoisotopic (exact) mass is 327 g/mol. The minimum Gasteiger partial charge on any atom is -0.383 e. The molecular formula is C15H19Cl2N3O. The Morgan fingerprint density at radius 1 is 1.29 bits per heavy atom. The summed E-state index contributed by atoms with van der Waals surface area (Å²) in [5.41, 5.74) is -0.398. The Morgan fingerprint density at radius 3 is 2.71 bits per heavy atom. The quantitative estimate of drug-likeness (QED) is 0.780. The minimum absolute atomic E-state index is 0.318. The molecule has 0 aliphatic heterocycles. The maximum absolute atomic E-state index is 11.1. The van der Waals surface area contributed by atoms with Crippen molar-refractivity contribution in [2.45, 2.75) is 44.8 Å². The molecule has 0 aliphatic carbocycles. The van der Waals surface area contributed by atoms with E-state index in [1.54, 1.807) is 29.2 Å². The first-order valence-electron chi connectivity index (χ1n) is 7.05. The third-order valence-corrected chi connectivity index (χ3v) is 4.06. The van der Waals surface area contributed by atoms with E-state index in [1.807, 2.05) is 0 Å². The van der Waals surface area contributed by atoms with E-state index < -0.39 is 5.60 Å². The SMILES string of the molecule is CCCCCC(O)(Cn1cncn1)c1ccc(Cl)cc1Cl. The summed E-state index contributed by atoms with van der Waals surface area (Å²) in [6.07, 6.45) is 6.73. The summed E-state index contributed by atoms with van der Waals surface area (Å²) in [6.45, 7) is 2.45. The smallest absolute Gasteiger partial charge is 0.137 e. The molecule has 0 fully saturated rings. The molecule has 2 rings (SSSR count). The van der Waals surface area contributed by atoms with Crippen LogP contribution in [0.2, 0.25) is 10.0 Å². The summed E-state index contributed by atoms with van der Waals surface area (Å²) in [6, 6.07) is 5.19. The predicted molar refractivity (Wildman–Crippen MR) is 84.5 cm³/mol. The van der Waals surface area contributed by atoms with Crippen LogP contribution in [0.1, 0.15) is 38.2 Å². The number of nitrogens with zero attached hydrogens (tertiary/aromatic N) is 3. The molecule has 21 heavy (non-hydrogen) atoms. The highest BCUT2D eigenvalue weighted by Gasteiger charge is 2.32. The molecule has 0 radical (unpaired) electrons. The molecule has 0 saturated carbocycles. The van der Waals surface area contributed by atoms with Crippen LogP contribution in [0.5, 0.6) is 0 Å². The van der Waals surface area contributed by atoms with Crippen molar-refractivity contribution in [3.63, 3.8) is 0 Å². The van der Waals surface area contributed by atoms with Gasteiger partial charge in [0.05, 0.1) is 6.54 Å². The summed E-state index contributed by atoms with van der Waals surface area (Å²) in [5, 5.41) is 16.2. The van der Waals surface area contributed by atoms with Crippen LogP contribution in [0.3, 0.4) is 0 Å². The number of aliphatic hydroxyl groups is 1. The topological polar surface area (TPSA) is 50.9 Å². The maximum Gasteiger partial charge on any atom is 0.137 e. The number of halogens is 2. The van der Waals surface area contributed by atoms with Gasteiger partial charge in [0.2, 0.25) is 0 Å². The molecule has 1 heterocycles. The Balaban J connectivity index is 2.29. The lowest BCUT2D eigenvalue weighted by atomic mass is 9.88. The molecule has 1 N–H and O–H groups in total. The molecule has 6 heteroatoms. The third-order valence-electron chi connectivity index (χ3n) is 3.52. The first kappa shape index (κ1) is 16.3. The summed E-state index contributed by atoms with van der Waals surface area (Å²) < 4.78 is 1.62. The van der Waals surface area contributed by atoms with Crippen LogP contribution in [0.25, 0.3) is 0 Å². The number of rotatable bonds is 7. The number of unbranched alkanes of at least 4 members (excludes halogenated alkanes) is 2. The molecule has 1 aromatic carbocycles. The van der Waals surface area contributed by atoms with Gasteiger partial charge in [0, 0.05) is 15.6 Å². The fourth-order valence-corrected chi connectivity index (χ4v) is 3.00. The maximum atomic E-state index is 11.1. The van der Waals surface area contributed by atoms with Crippen molar-refractivity contribution in [2.24, 2.45) is 0 Å². The Hall–Kier alpha value is -1.10. The molecule has 0 aliphatic rings. The second kappa shape index (κ2) is 7.25. The van der Waals surface area contributed by atoms with Crippen LogP contribution in [-0.2, 0) is 12.1 Å². The molecule has 1 aromatic heterocycles. The van der Waals surface area contributed by atoms with Crippen molar-refractivity contribution < 1.29 is 5.11 Å². The van der Waals surface area contributed by atoms with Crippen molar-refractivity contribution in [1.82, 2.24) is 14.8 Å². The molecule has 0 saturated heterocycles. The first-order chi connectivity index (χ1) is 10.0. The van der Waals surface area contributed by atoms with Crippen molar-refractivity contribution in [1.29, 1.82) is 0 Å². The molecule has 0 bridgehead atoms. The van der Waals surface area contributed by atoms with Crippen LogP contribution in [-0.4, -0.2) is 19.9 Å². The van der Waals surface area contributed by atoms with E-state index in [0.29, 0.717) is 28.6 Å². The number of hydrogen-bond acceptors (Lipinski definition) is 3. The van der Waals surface area contributed by atoms with E-state index in [-0.39, 0.29) is 0 Å². The van der Waals surface area contributed by atoms with Gasteiger partial charge >= 0.3 is 0 Å². The molecule has 0 amide bonds. The van der Waals surface area contributed by atoms with Crippen LogP contribution in [0, 0.1) is 0 Å². The average molecular weight is 328 g/mol. The molecule has 1 unspecified atom stereocenters. The van der Waals surface area contributed by atoms with Crippen molar-refractivity contribution in [2.75, 3.05) is 0 Å². The standard InChI is InChI=1S/C15H19Cl2N3O/c1-2-3-4-7-15(21,9-20-11-18-10-19-20)13-6-5-12(16)8-14(13)17/h5-6,8,10-11,21H,2-4,7,9H2,1H3. The van der Waals surface area contributed by atoms with Gasteiger partial charge in [-0.15, -0.1) is 0 Å². The second-order valence-electron chi connectivity index (χ2n) is 5.21. The van der Waals surface area contributed by atoms with E-state index in [2.05, 4.69) is 17.0 Å². The summed E-state index contributed by atoms with van der Waals surface area (Å²) in [4.78, 5) is 3.92. The van der Waals surface area contributed by atoms with Gasteiger partial charge in [0.25, 0.3) is 0 Å². The lowest BCUT2D eigenvalue weighted by Gasteiger charge is -2.29. The second-order valence-corrected chi connectivity index (χ2v) is 6.05. The lowest BCUT2D eigenvalue weighted by molar-refractivity contribution is 0.00397. The Morgan fingerprint density at radius 2 is 2.10 bits per heavy atom.